The summed E-state index contributed by atoms with van der Waals surface area (Å²) in [5, 5.41) is 9.89. The molecule has 6 nitrogen and oxygen atoms in total. The first-order chi connectivity index (χ1) is 6.91. The largest absolute Gasteiger partial charge is 0.374 e. The van der Waals surface area contributed by atoms with Crippen molar-refractivity contribution < 1.29 is 9.90 Å². The summed E-state index contributed by atoms with van der Waals surface area (Å²) < 4.78 is 0. The topological polar surface area (TPSA) is 59.4 Å². The summed E-state index contributed by atoms with van der Waals surface area (Å²) in [6, 6.07) is -0.310. The number of carbonyl (C=O) groups is 1. The van der Waals surface area contributed by atoms with Crippen molar-refractivity contribution in [2.45, 2.75) is 6.23 Å². The van der Waals surface area contributed by atoms with Crippen LogP contribution in [0.3, 0.4) is 0 Å². The molecule has 2 amide bonds. The van der Waals surface area contributed by atoms with Gasteiger partial charge in [-0.15, -0.1) is 0 Å². The zero-order valence-electron chi connectivity index (χ0n) is 9.43. The van der Waals surface area contributed by atoms with E-state index in [-0.39, 0.29) is 6.03 Å². The number of hydrogen-bond donors (Lipinski definition) is 1. The highest BCUT2D eigenvalue weighted by Crippen LogP contribution is 2.24. The first-order valence-electron chi connectivity index (χ1n) is 4.48. The van der Waals surface area contributed by atoms with E-state index < -0.39 is 6.23 Å². The summed E-state index contributed by atoms with van der Waals surface area (Å²) in [6.45, 7) is 3.40. The molecule has 6 heteroatoms. The number of carbonyl (C=O) groups excluding carboxylic acids is 1. The van der Waals surface area contributed by atoms with Crippen molar-refractivity contribution in [1.82, 2.24) is 14.7 Å². The molecular weight excluding hydrogens is 196 g/mol. The van der Waals surface area contributed by atoms with E-state index in [2.05, 4.69) is 11.7 Å². The molecule has 0 bridgehead atoms. The lowest BCUT2D eigenvalue weighted by atomic mass is 10.2. The highest BCUT2D eigenvalue weighted by atomic mass is 16.3. The van der Waals surface area contributed by atoms with Crippen molar-refractivity contribution in [3.05, 3.63) is 11.5 Å². The molecule has 0 saturated heterocycles. The van der Waals surface area contributed by atoms with Crippen molar-refractivity contribution >= 4 is 12.7 Å². The van der Waals surface area contributed by atoms with E-state index in [9.17, 15) is 9.90 Å². The molecule has 0 radical (unpaired) electrons. The molecule has 15 heavy (non-hydrogen) atoms. The van der Waals surface area contributed by atoms with Crippen LogP contribution in [0.25, 0.3) is 0 Å². The van der Waals surface area contributed by atoms with Crippen LogP contribution in [0, 0.1) is 0 Å². The van der Waals surface area contributed by atoms with Gasteiger partial charge in [0.1, 0.15) is 5.70 Å². The SMILES string of the molecule is C=NC1=C(N(C)C)C(O)N(C)C(=O)N1C. The van der Waals surface area contributed by atoms with Crippen LogP contribution in [0.1, 0.15) is 0 Å². The summed E-state index contributed by atoms with van der Waals surface area (Å²) in [7, 11) is 6.69. The summed E-state index contributed by atoms with van der Waals surface area (Å²) in [6.07, 6.45) is -0.982. The van der Waals surface area contributed by atoms with Crippen LogP contribution in [-0.4, -0.2) is 67.0 Å². The smallest absolute Gasteiger partial charge is 0.327 e. The fraction of sp³-hybridized carbons (Fsp3) is 0.556. The fourth-order valence-corrected chi connectivity index (χ4v) is 1.52. The number of likely N-dealkylation sites (N-methyl/N-ethyl adjacent to an activating group) is 2. The van der Waals surface area contributed by atoms with Crippen LogP contribution < -0.4 is 0 Å². The number of hydrogen-bond acceptors (Lipinski definition) is 4. The van der Waals surface area contributed by atoms with Crippen LogP contribution in [-0.2, 0) is 0 Å². The molecule has 84 valence electrons. The predicted octanol–water partition coefficient (Wildman–Crippen LogP) is -0.267. The van der Waals surface area contributed by atoms with Gasteiger partial charge in [-0.1, -0.05) is 0 Å². The number of urea groups is 1. The maximum absolute atomic E-state index is 11.6. The third-order valence-corrected chi connectivity index (χ3v) is 2.38. The molecule has 1 N–H and O–H groups in total. The van der Waals surface area contributed by atoms with Crippen LogP contribution in [0.2, 0.25) is 0 Å². The zero-order chi connectivity index (χ0) is 11.7. The van der Waals surface area contributed by atoms with E-state index in [1.807, 2.05) is 0 Å². The molecule has 1 atom stereocenters. The number of rotatable bonds is 2. The molecule has 0 saturated carbocycles. The number of nitrogens with zero attached hydrogens (tertiary/aromatic N) is 4. The van der Waals surface area contributed by atoms with Gasteiger partial charge in [0, 0.05) is 28.2 Å². The first kappa shape index (κ1) is 11.5. The van der Waals surface area contributed by atoms with Gasteiger partial charge in [-0.3, -0.25) is 9.80 Å². The molecular formula is C9H16N4O2. The molecule has 0 aromatic rings. The van der Waals surface area contributed by atoms with Crippen molar-refractivity contribution in [2.75, 3.05) is 28.2 Å². The highest BCUT2D eigenvalue weighted by Gasteiger charge is 2.35. The van der Waals surface area contributed by atoms with Gasteiger partial charge < -0.3 is 10.0 Å². The zero-order valence-corrected chi connectivity index (χ0v) is 9.43. The standard InChI is InChI=1S/C9H16N4O2/c1-10-7-6(11(2)3)8(14)13(5)9(15)12(7)4/h8,14H,1H2,2-5H3. The van der Waals surface area contributed by atoms with Gasteiger partial charge in [-0.05, 0) is 6.72 Å². The Balaban J connectivity index is 3.29. The Morgan fingerprint density at radius 3 is 2.40 bits per heavy atom. The van der Waals surface area contributed by atoms with Crippen LogP contribution >= 0.6 is 0 Å². The quantitative estimate of drug-likeness (QED) is 0.641. The van der Waals surface area contributed by atoms with Crippen LogP contribution in [0.4, 0.5) is 4.79 Å². The van der Waals surface area contributed by atoms with Crippen LogP contribution in [0.5, 0.6) is 0 Å². The van der Waals surface area contributed by atoms with Crippen molar-refractivity contribution in [2.24, 2.45) is 4.99 Å². The summed E-state index contributed by atoms with van der Waals surface area (Å²) in [5.41, 5.74) is 0.551. The number of aliphatic imine (C=N–C) groups is 1. The average molecular weight is 212 g/mol. The monoisotopic (exact) mass is 212 g/mol. The minimum atomic E-state index is -0.982. The van der Waals surface area contributed by atoms with E-state index >= 15 is 0 Å². The van der Waals surface area contributed by atoms with Crippen molar-refractivity contribution in [1.29, 1.82) is 0 Å². The first-order valence-corrected chi connectivity index (χ1v) is 4.48. The second-order valence-corrected chi connectivity index (χ2v) is 3.59. The lowest BCUT2D eigenvalue weighted by Gasteiger charge is -2.38. The van der Waals surface area contributed by atoms with Gasteiger partial charge in [0.25, 0.3) is 0 Å². The molecule has 1 unspecified atom stereocenters. The third-order valence-electron chi connectivity index (χ3n) is 2.38. The fourth-order valence-electron chi connectivity index (χ4n) is 1.52. The third kappa shape index (κ3) is 1.68. The summed E-state index contributed by atoms with van der Waals surface area (Å²) in [5.74, 6) is 0.385. The lowest BCUT2D eigenvalue weighted by Crippen LogP contribution is -2.52. The molecule has 0 spiro atoms. The Bertz CT molecular complexity index is 324. The van der Waals surface area contributed by atoms with E-state index in [4.69, 9.17) is 0 Å². The van der Waals surface area contributed by atoms with Crippen molar-refractivity contribution in [3.63, 3.8) is 0 Å². The second-order valence-electron chi connectivity index (χ2n) is 3.59. The molecule has 0 fully saturated rings. The lowest BCUT2D eigenvalue weighted by molar-refractivity contribution is 0.0333. The highest BCUT2D eigenvalue weighted by molar-refractivity contribution is 5.78. The van der Waals surface area contributed by atoms with E-state index in [1.165, 1.54) is 16.8 Å². The van der Waals surface area contributed by atoms with Gasteiger partial charge in [0.2, 0.25) is 0 Å². The second kappa shape index (κ2) is 3.90. The number of amides is 2. The Kier molecular flexibility index (Phi) is 2.99. The Hall–Kier alpha value is -1.56. The van der Waals surface area contributed by atoms with Gasteiger partial charge >= 0.3 is 6.03 Å². The maximum atomic E-state index is 11.6. The minimum absolute atomic E-state index is 0.310. The minimum Gasteiger partial charge on any atom is -0.374 e. The molecule has 1 heterocycles. The predicted molar refractivity (Wildman–Crippen MR) is 57.2 cm³/mol. The average Bonchev–Trinajstić information content (AvgIpc) is 2.19. The van der Waals surface area contributed by atoms with Gasteiger partial charge in [0.05, 0.1) is 0 Å². The van der Waals surface area contributed by atoms with Crippen molar-refractivity contribution in [3.8, 4) is 0 Å². The Morgan fingerprint density at radius 2 is 2.00 bits per heavy atom. The summed E-state index contributed by atoms with van der Waals surface area (Å²) >= 11 is 0. The normalized spacial score (nSPS) is 22.2. The molecule has 1 rings (SSSR count). The van der Waals surface area contributed by atoms with E-state index in [1.54, 1.807) is 26.0 Å². The molecule has 1 aliphatic rings. The number of aliphatic hydroxyl groups is 1. The van der Waals surface area contributed by atoms with Gasteiger partial charge in [0.15, 0.2) is 12.0 Å². The van der Waals surface area contributed by atoms with Crippen LogP contribution in [0.15, 0.2) is 16.5 Å². The van der Waals surface area contributed by atoms with E-state index in [0.29, 0.717) is 11.5 Å². The Labute approximate surface area is 89.1 Å². The number of aliphatic hydroxyl groups excluding tert-OH is 1. The van der Waals surface area contributed by atoms with Gasteiger partial charge in [-0.25, -0.2) is 9.79 Å². The van der Waals surface area contributed by atoms with E-state index in [0.717, 1.165) is 0 Å². The summed E-state index contributed by atoms with van der Waals surface area (Å²) in [4.78, 5) is 19.7. The molecule has 0 aliphatic carbocycles. The Morgan fingerprint density at radius 1 is 1.47 bits per heavy atom. The molecule has 1 aliphatic heterocycles. The maximum Gasteiger partial charge on any atom is 0.327 e. The molecule has 0 aromatic heterocycles. The molecule has 0 aromatic carbocycles. The van der Waals surface area contributed by atoms with Gasteiger partial charge in [-0.2, -0.15) is 0 Å².